The van der Waals surface area contributed by atoms with Gasteiger partial charge in [-0.3, -0.25) is 4.79 Å². The predicted octanol–water partition coefficient (Wildman–Crippen LogP) is 4.53. The second-order valence-corrected chi connectivity index (χ2v) is 7.48. The summed E-state index contributed by atoms with van der Waals surface area (Å²) in [4.78, 5) is 19.0. The van der Waals surface area contributed by atoms with Gasteiger partial charge in [-0.15, -0.1) is 0 Å². The number of rotatable bonds is 5. The van der Waals surface area contributed by atoms with Crippen LogP contribution in [-0.4, -0.2) is 34.0 Å². The van der Waals surface area contributed by atoms with Gasteiger partial charge in [0.15, 0.2) is 0 Å². The first-order chi connectivity index (χ1) is 14.5. The fourth-order valence-electron chi connectivity index (χ4n) is 3.76. The second-order valence-electron chi connectivity index (χ2n) is 7.48. The molecule has 0 spiro atoms. The fraction of sp³-hybridized carbons (Fsp3) is 0.250. The molecule has 5 nitrogen and oxygen atoms in total. The van der Waals surface area contributed by atoms with Crippen molar-refractivity contribution in [2.75, 3.05) is 13.7 Å². The molecule has 2 aromatic carbocycles. The van der Waals surface area contributed by atoms with Crippen LogP contribution in [0.15, 0.2) is 60.6 Å². The van der Waals surface area contributed by atoms with E-state index in [1.165, 1.54) is 12.1 Å². The summed E-state index contributed by atoms with van der Waals surface area (Å²) in [5.41, 5.74) is 4.28. The van der Waals surface area contributed by atoms with Crippen molar-refractivity contribution in [3.63, 3.8) is 0 Å². The largest absolute Gasteiger partial charge is 0.495 e. The van der Waals surface area contributed by atoms with E-state index in [-0.39, 0.29) is 11.7 Å². The first-order valence-corrected chi connectivity index (χ1v) is 9.97. The summed E-state index contributed by atoms with van der Waals surface area (Å²) in [6.45, 7) is 3.02. The molecule has 154 valence electrons. The van der Waals surface area contributed by atoms with E-state index in [0.717, 1.165) is 40.9 Å². The average Bonchev–Trinajstić information content (AvgIpc) is 3.17. The molecule has 4 rings (SSSR count). The van der Waals surface area contributed by atoms with E-state index in [4.69, 9.17) is 4.74 Å². The maximum atomic E-state index is 13.5. The lowest BCUT2D eigenvalue weighted by Crippen LogP contribution is -2.36. The minimum Gasteiger partial charge on any atom is -0.495 e. The third kappa shape index (κ3) is 4.27. The Hall–Kier alpha value is -3.41. The van der Waals surface area contributed by atoms with Gasteiger partial charge in [0.05, 0.1) is 24.8 Å². The summed E-state index contributed by atoms with van der Waals surface area (Å²) in [5, 5.41) is 0. The van der Waals surface area contributed by atoms with Crippen molar-refractivity contribution < 1.29 is 13.9 Å². The number of amides is 1. The number of ether oxygens (including phenoxy) is 1. The fourth-order valence-corrected chi connectivity index (χ4v) is 3.76. The second kappa shape index (κ2) is 8.53. The molecule has 0 saturated carbocycles. The molecule has 0 unspecified atom stereocenters. The van der Waals surface area contributed by atoms with E-state index < -0.39 is 0 Å². The van der Waals surface area contributed by atoms with Crippen molar-refractivity contribution in [2.24, 2.45) is 0 Å². The van der Waals surface area contributed by atoms with Crippen LogP contribution in [0.1, 0.15) is 29.7 Å². The number of methoxy groups -OCH3 is 1. The van der Waals surface area contributed by atoms with Crippen LogP contribution in [0.2, 0.25) is 0 Å². The Labute approximate surface area is 175 Å². The molecule has 3 aromatic rings. The number of hydrogen-bond donors (Lipinski definition) is 0. The normalized spacial score (nSPS) is 15.6. The molecule has 30 heavy (non-hydrogen) atoms. The molecule has 1 aromatic heterocycles. The first kappa shape index (κ1) is 19.9. The number of hydrogen-bond acceptors (Lipinski definition) is 3. The molecule has 0 atom stereocenters. The average molecular weight is 405 g/mol. The van der Waals surface area contributed by atoms with Gasteiger partial charge < -0.3 is 14.2 Å². The Balaban J connectivity index is 1.56. The number of likely N-dealkylation sites (tertiary alicyclic amines) is 1. The van der Waals surface area contributed by atoms with E-state index in [0.29, 0.717) is 18.8 Å². The van der Waals surface area contributed by atoms with E-state index >= 15 is 0 Å². The van der Waals surface area contributed by atoms with Gasteiger partial charge in [-0.25, -0.2) is 9.37 Å². The number of carbonyl (C=O) groups is 1. The maximum absolute atomic E-state index is 13.5. The molecule has 2 heterocycles. The summed E-state index contributed by atoms with van der Waals surface area (Å²) >= 11 is 0. The zero-order chi connectivity index (χ0) is 21.1. The molecule has 1 saturated heterocycles. The maximum Gasteiger partial charge on any atom is 0.250 e. The molecule has 6 heteroatoms. The Morgan fingerprint density at radius 3 is 2.83 bits per heavy atom. The Bertz CT molecular complexity index is 1100. The number of imidazole rings is 1. The topological polar surface area (TPSA) is 47.4 Å². The van der Waals surface area contributed by atoms with Crippen LogP contribution >= 0.6 is 0 Å². The number of benzene rings is 2. The van der Waals surface area contributed by atoms with Crippen LogP contribution in [0.3, 0.4) is 0 Å². The van der Waals surface area contributed by atoms with Crippen molar-refractivity contribution >= 4 is 12.0 Å². The molecule has 0 N–H and O–H groups in total. The lowest BCUT2D eigenvalue weighted by atomic mass is 10.00. The summed E-state index contributed by atoms with van der Waals surface area (Å²) in [6.07, 6.45) is 7.22. The Morgan fingerprint density at radius 1 is 1.23 bits per heavy atom. The molecular formula is C24H24FN3O2. The number of aromatic nitrogens is 2. The highest BCUT2D eigenvalue weighted by molar-refractivity contribution is 5.98. The van der Waals surface area contributed by atoms with Gasteiger partial charge in [0.2, 0.25) is 5.91 Å². The summed E-state index contributed by atoms with van der Waals surface area (Å²) in [5.74, 6) is 0.424. The van der Waals surface area contributed by atoms with E-state index in [2.05, 4.69) is 4.98 Å². The lowest BCUT2D eigenvalue weighted by Gasteiger charge is -2.28. The van der Waals surface area contributed by atoms with Crippen molar-refractivity contribution in [3.8, 4) is 11.4 Å². The zero-order valence-electron chi connectivity index (χ0n) is 17.1. The number of aryl methyl sites for hydroxylation is 1. The van der Waals surface area contributed by atoms with Gasteiger partial charge >= 0.3 is 0 Å². The van der Waals surface area contributed by atoms with Gasteiger partial charge in [0.25, 0.3) is 0 Å². The Kier molecular flexibility index (Phi) is 5.65. The Morgan fingerprint density at radius 2 is 2.10 bits per heavy atom. The monoisotopic (exact) mass is 405 g/mol. The summed E-state index contributed by atoms with van der Waals surface area (Å²) in [6, 6.07) is 12.3. The van der Waals surface area contributed by atoms with Gasteiger partial charge in [-0.2, -0.15) is 0 Å². The molecule has 1 aliphatic heterocycles. The molecular weight excluding hydrogens is 381 g/mol. The van der Waals surface area contributed by atoms with Gasteiger partial charge in [-0.05, 0) is 61.2 Å². The van der Waals surface area contributed by atoms with E-state index in [1.807, 2.05) is 48.0 Å². The molecule has 0 bridgehead atoms. The SMILES string of the molecule is COc1cc(/C=C2\CCCN(Cc3cccc(F)c3)C2=O)ccc1-n1cnc(C)c1. The van der Waals surface area contributed by atoms with Crippen LogP contribution in [0.25, 0.3) is 11.8 Å². The molecule has 1 aliphatic rings. The number of carbonyl (C=O) groups excluding carboxylic acids is 1. The van der Waals surface area contributed by atoms with E-state index in [1.54, 1.807) is 24.4 Å². The third-order valence-electron chi connectivity index (χ3n) is 5.23. The van der Waals surface area contributed by atoms with E-state index in [9.17, 15) is 9.18 Å². The quantitative estimate of drug-likeness (QED) is 0.586. The minimum atomic E-state index is -0.284. The molecule has 0 aliphatic carbocycles. The van der Waals surface area contributed by atoms with Crippen molar-refractivity contribution in [1.82, 2.24) is 14.5 Å². The zero-order valence-corrected chi connectivity index (χ0v) is 17.1. The third-order valence-corrected chi connectivity index (χ3v) is 5.23. The minimum absolute atomic E-state index is 0.00112. The first-order valence-electron chi connectivity index (χ1n) is 9.97. The van der Waals surface area contributed by atoms with Crippen LogP contribution in [0.4, 0.5) is 4.39 Å². The van der Waals surface area contributed by atoms with Crippen LogP contribution in [0, 0.1) is 12.7 Å². The van der Waals surface area contributed by atoms with Crippen molar-refractivity contribution in [2.45, 2.75) is 26.3 Å². The van der Waals surface area contributed by atoms with Gasteiger partial charge in [0, 0.05) is 24.9 Å². The van der Waals surface area contributed by atoms with Gasteiger partial charge in [-0.1, -0.05) is 18.2 Å². The van der Waals surface area contributed by atoms with Gasteiger partial charge in [0.1, 0.15) is 11.6 Å². The van der Waals surface area contributed by atoms with Crippen molar-refractivity contribution in [1.29, 1.82) is 0 Å². The van der Waals surface area contributed by atoms with Crippen molar-refractivity contribution in [3.05, 3.63) is 83.2 Å². The highest BCUT2D eigenvalue weighted by Crippen LogP contribution is 2.28. The molecule has 1 amide bonds. The van der Waals surface area contributed by atoms with Crippen LogP contribution < -0.4 is 4.74 Å². The standard InChI is InChI=1S/C24H24FN3O2/c1-17-14-28(16-26-17)22-9-8-18(13-23(22)30-2)11-20-6-4-10-27(24(20)29)15-19-5-3-7-21(25)12-19/h3,5,7-9,11-14,16H,4,6,10,15H2,1-2H3/b20-11+. The predicted molar refractivity (Wildman–Crippen MR) is 114 cm³/mol. The number of nitrogens with zero attached hydrogens (tertiary/aromatic N) is 3. The highest BCUT2D eigenvalue weighted by Gasteiger charge is 2.23. The lowest BCUT2D eigenvalue weighted by molar-refractivity contribution is -0.129. The highest BCUT2D eigenvalue weighted by atomic mass is 19.1. The van der Waals surface area contributed by atoms with Crippen LogP contribution in [-0.2, 0) is 11.3 Å². The number of piperidine rings is 1. The van der Waals surface area contributed by atoms with Crippen LogP contribution in [0.5, 0.6) is 5.75 Å². The molecule has 0 radical (unpaired) electrons. The number of halogens is 1. The molecule has 1 fully saturated rings. The summed E-state index contributed by atoms with van der Waals surface area (Å²) in [7, 11) is 1.63. The smallest absolute Gasteiger partial charge is 0.250 e. The summed E-state index contributed by atoms with van der Waals surface area (Å²) < 4.78 is 21.0.